The van der Waals surface area contributed by atoms with Crippen molar-refractivity contribution < 1.29 is 46.0 Å². The fraction of sp³-hybridized carbons (Fsp3) is 0. The molecular weight excluding hydrogens is 788 g/mol. The number of rotatable bonds is 6. The summed E-state index contributed by atoms with van der Waals surface area (Å²) in [6.07, 6.45) is 0. The summed E-state index contributed by atoms with van der Waals surface area (Å²) in [6.45, 7) is 0. The molecule has 8 rings (SSSR count). The van der Waals surface area contributed by atoms with Gasteiger partial charge in [-0.05, 0) is 55.4 Å². The Morgan fingerprint density at radius 2 is 0.345 bits per heavy atom. The van der Waals surface area contributed by atoms with Gasteiger partial charge in [0, 0.05) is 26.2 Å². The Hall–Kier alpha value is -5.40. The summed E-state index contributed by atoms with van der Waals surface area (Å²) < 4.78 is 0. The Kier molecular flexibility index (Phi) is 17.0. The summed E-state index contributed by atoms with van der Waals surface area (Å²) in [5.74, 6) is 0.644. The van der Waals surface area contributed by atoms with E-state index >= 15 is 0 Å². The van der Waals surface area contributed by atoms with Gasteiger partial charge in [0.05, 0.1) is 0 Å². The van der Waals surface area contributed by atoms with Crippen LogP contribution >= 0.6 is 0 Å². The number of para-hydroxylation sites is 2. The maximum Gasteiger partial charge on any atom is 0.285 e. The number of aromatic hydroxyl groups is 2. The van der Waals surface area contributed by atoms with Crippen molar-refractivity contribution in [1.82, 2.24) is 0 Å². The van der Waals surface area contributed by atoms with Gasteiger partial charge in [0.1, 0.15) is 11.5 Å². The first-order chi connectivity index (χ1) is 26.4. The Bertz CT molecular complexity index is 1830. The Labute approximate surface area is 345 Å². The summed E-state index contributed by atoms with van der Waals surface area (Å²) >= 11 is 0. The second-order valence-corrected chi connectivity index (χ2v) is 18.6. The van der Waals surface area contributed by atoms with Crippen LogP contribution in [0.2, 0.25) is 0 Å². The van der Waals surface area contributed by atoms with Crippen LogP contribution in [-0.2, 0) is 26.2 Å². The molecule has 0 unspecified atom stereocenters. The third-order valence-corrected chi connectivity index (χ3v) is 15.7. The van der Waals surface area contributed by atoms with E-state index < -0.39 is 16.6 Å². The monoisotopic (exact) mass is 830 g/mol. The Morgan fingerprint density at radius 3 is 0.455 bits per heavy atom. The van der Waals surface area contributed by atoms with E-state index in [4.69, 9.17) is 10.2 Å². The number of phenols is 2. The molecule has 0 fully saturated rings. The molecule has 4 N–H and O–H groups in total. The van der Waals surface area contributed by atoms with Crippen LogP contribution in [0.15, 0.2) is 243 Å². The molecule has 8 aromatic rings. The smallest absolute Gasteiger partial charge is 0.285 e. The van der Waals surface area contributed by atoms with Gasteiger partial charge in [-0.3, -0.25) is 0 Å². The fourth-order valence-corrected chi connectivity index (χ4v) is 12.0. The first-order valence-electron chi connectivity index (χ1n) is 17.7. The molecule has 55 heavy (non-hydrogen) atoms. The average Bonchev–Trinajstić information content (AvgIpc) is 3.26. The molecule has 0 heterocycles. The van der Waals surface area contributed by atoms with Gasteiger partial charge >= 0.3 is 0 Å². The molecular formula is C48H44O4Si2Zr. The first kappa shape index (κ1) is 42.3. The second-order valence-electron chi connectivity index (χ2n) is 12.3. The van der Waals surface area contributed by atoms with Crippen molar-refractivity contribution in [1.29, 1.82) is 0 Å². The molecule has 0 spiro atoms. The van der Waals surface area contributed by atoms with E-state index in [2.05, 4.69) is 0 Å². The molecule has 0 aromatic heterocycles. The van der Waals surface area contributed by atoms with Crippen LogP contribution in [0.25, 0.3) is 0 Å². The maximum absolute atomic E-state index is 11.6. The van der Waals surface area contributed by atoms with E-state index in [1.807, 2.05) is 194 Å². The van der Waals surface area contributed by atoms with Gasteiger partial charge < -0.3 is 19.8 Å². The average molecular weight is 832 g/mol. The standard InChI is InChI=1S/2C18H16OSi.2C6H6O.Zr/c2*19-20(16-10-4-1-5-11-16,17-12-6-2-7-13-17)18-14-8-3-9-15-18;2*7-6-4-2-1-3-5-6;/h2*1-15,19H;2*1-5,7H;. The predicted octanol–water partition coefficient (Wildman–Crippen LogP) is 6.07. The zero-order valence-corrected chi connectivity index (χ0v) is 34.8. The van der Waals surface area contributed by atoms with Crippen LogP contribution in [-0.4, -0.2) is 36.4 Å². The third-order valence-electron chi connectivity index (χ3n) is 8.66. The second kappa shape index (κ2) is 22.1. The van der Waals surface area contributed by atoms with E-state index in [1.54, 1.807) is 48.5 Å². The molecule has 0 aliphatic carbocycles. The zero-order chi connectivity index (χ0) is 37.9. The van der Waals surface area contributed by atoms with E-state index in [0.29, 0.717) is 11.5 Å². The minimum absolute atomic E-state index is 0. The Morgan fingerprint density at radius 1 is 0.218 bits per heavy atom. The summed E-state index contributed by atoms with van der Waals surface area (Å²) in [7, 11) is -5.76. The molecule has 4 nitrogen and oxygen atoms in total. The minimum atomic E-state index is -2.88. The molecule has 272 valence electrons. The Balaban J connectivity index is 0.000000180. The van der Waals surface area contributed by atoms with Crippen LogP contribution in [0, 0.1) is 0 Å². The van der Waals surface area contributed by atoms with Crippen molar-refractivity contribution in [2.75, 3.05) is 0 Å². The minimum Gasteiger partial charge on any atom is -0.508 e. The number of benzene rings is 8. The van der Waals surface area contributed by atoms with Gasteiger partial charge in [-0.25, -0.2) is 0 Å². The zero-order valence-electron chi connectivity index (χ0n) is 30.4. The number of phenolic OH excluding ortho intramolecular Hbond substituents is 2. The van der Waals surface area contributed by atoms with Crippen LogP contribution < -0.4 is 31.1 Å². The van der Waals surface area contributed by atoms with Gasteiger partial charge in [0.25, 0.3) is 16.6 Å². The van der Waals surface area contributed by atoms with E-state index in [-0.39, 0.29) is 26.2 Å². The fourth-order valence-electron chi connectivity index (χ4n) is 5.93. The van der Waals surface area contributed by atoms with Crippen molar-refractivity contribution in [3.05, 3.63) is 243 Å². The molecule has 0 amide bonds. The molecule has 0 bridgehead atoms. The summed E-state index contributed by atoms with van der Waals surface area (Å²) in [5.41, 5.74) is 0. The normalized spacial score (nSPS) is 10.4. The molecule has 7 heteroatoms. The van der Waals surface area contributed by atoms with Crippen molar-refractivity contribution in [3.8, 4) is 11.5 Å². The molecule has 0 radical (unpaired) electrons. The van der Waals surface area contributed by atoms with Gasteiger partial charge in [0.2, 0.25) is 0 Å². The predicted molar refractivity (Wildman–Crippen MR) is 229 cm³/mol. The van der Waals surface area contributed by atoms with Crippen LogP contribution in [0.1, 0.15) is 0 Å². The maximum atomic E-state index is 11.6. The van der Waals surface area contributed by atoms with Crippen molar-refractivity contribution in [3.63, 3.8) is 0 Å². The molecule has 0 aliphatic rings. The van der Waals surface area contributed by atoms with Gasteiger partial charge in [-0.15, -0.1) is 0 Å². The van der Waals surface area contributed by atoms with E-state index in [9.17, 15) is 9.59 Å². The van der Waals surface area contributed by atoms with Crippen molar-refractivity contribution in [2.45, 2.75) is 0 Å². The topological polar surface area (TPSA) is 80.9 Å². The van der Waals surface area contributed by atoms with Gasteiger partial charge in [0.15, 0.2) is 0 Å². The quantitative estimate of drug-likeness (QED) is 0.121. The summed E-state index contributed by atoms with van der Waals surface area (Å²) in [4.78, 5) is 23.1. The number of hydrogen-bond donors (Lipinski definition) is 4. The van der Waals surface area contributed by atoms with Crippen LogP contribution in [0.3, 0.4) is 0 Å². The summed E-state index contributed by atoms with van der Waals surface area (Å²) in [6, 6.07) is 77.4. The van der Waals surface area contributed by atoms with Crippen LogP contribution in [0.4, 0.5) is 0 Å². The number of hydrogen-bond acceptors (Lipinski definition) is 4. The SMILES string of the molecule is O[Si](c1ccccc1)(c1ccccc1)c1ccccc1.O[Si](c1ccccc1)(c1ccccc1)c1ccccc1.Oc1ccccc1.Oc1ccccc1.[Zr]. The van der Waals surface area contributed by atoms with Gasteiger partial charge in [-0.1, -0.05) is 218 Å². The molecule has 0 atom stereocenters. The third kappa shape index (κ3) is 11.8. The van der Waals surface area contributed by atoms with Gasteiger partial charge in [-0.2, -0.15) is 0 Å². The molecule has 0 saturated heterocycles. The van der Waals surface area contributed by atoms with Crippen molar-refractivity contribution >= 4 is 47.8 Å². The summed E-state index contributed by atoms with van der Waals surface area (Å²) in [5, 5.41) is 23.3. The molecule has 8 aromatic carbocycles. The van der Waals surface area contributed by atoms with Crippen molar-refractivity contribution in [2.24, 2.45) is 0 Å². The van der Waals surface area contributed by atoms with E-state index in [0.717, 1.165) is 31.1 Å². The largest absolute Gasteiger partial charge is 0.508 e. The van der Waals surface area contributed by atoms with E-state index in [1.165, 1.54) is 0 Å². The molecule has 0 saturated carbocycles. The molecule has 0 aliphatic heterocycles. The first-order valence-corrected chi connectivity index (χ1v) is 21.6. The van der Waals surface area contributed by atoms with Crippen LogP contribution in [0.5, 0.6) is 11.5 Å².